The van der Waals surface area contributed by atoms with E-state index in [-0.39, 0.29) is 36.0 Å². The van der Waals surface area contributed by atoms with Gasteiger partial charge in [0.25, 0.3) is 5.69 Å². The number of benzene rings is 1. The van der Waals surface area contributed by atoms with E-state index in [1.165, 1.54) is 12.1 Å². The standard InChI is InChI=1S/C15H20F2N2O4/c1-15(9-20)6-2-3-13(15)18-8-10-7-11(19(21)22)4-5-12(10)23-14(16)17/h4-5,7,13-14,18,20H,2-3,6,8-9H2,1H3. The Morgan fingerprint density at radius 1 is 1.57 bits per heavy atom. The van der Waals surface area contributed by atoms with E-state index in [4.69, 9.17) is 0 Å². The van der Waals surface area contributed by atoms with Gasteiger partial charge in [-0.1, -0.05) is 13.3 Å². The molecule has 128 valence electrons. The molecule has 1 saturated carbocycles. The van der Waals surface area contributed by atoms with Gasteiger partial charge >= 0.3 is 6.61 Å². The highest BCUT2D eigenvalue weighted by molar-refractivity contribution is 5.43. The fourth-order valence-corrected chi connectivity index (χ4v) is 3.03. The maximum Gasteiger partial charge on any atom is 0.387 e. The molecule has 0 aromatic heterocycles. The van der Waals surface area contributed by atoms with Crippen LogP contribution in [-0.2, 0) is 6.54 Å². The van der Waals surface area contributed by atoms with Crippen molar-refractivity contribution in [2.75, 3.05) is 6.61 Å². The van der Waals surface area contributed by atoms with Crippen molar-refractivity contribution in [3.05, 3.63) is 33.9 Å². The Labute approximate surface area is 132 Å². The first-order chi connectivity index (χ1) is 10.9. The van der Waals surface area contributed by atoms with E-state index in [9.17, 15) is 24.0 Å². The van der Waals surface area contributed by atoms with Gasteiger partial charge in [-0.05, 0) is 18.9 Å². The lowest BCUT2D eigenvalue weighted by Gasteiger charge is -2.30. The molecule has 1 aromatic carbocycles. The van der Waals surface area contributed by atoms with Crippen LogP contribution in [0.1, 0.15) is 31.7 Å². The second-order valence-electron chi connectivity index (χ2n) is 6.07. The van der Waals surface area contributed by atoms with E-state index >= 15 is 0 Å². The number of hydrogen-bond acceptors (Lipinski definition) is 5. The molecular weight excluding hydrogens is 310 g/mol. The minimum Gasteiger partial charge on any atom is -0.434 e. The molecule has 2 rings (SSSR count). The summed E-state index contributed by atoms with van der Waals surface area (Å²) >= 11 is 0. The van der Waals surface area contributed by atoms with Gasteiger partial charge in [-0.2, -0.15) is 8.78 Å². The zero-order valence-electron chi connectivity index (χ0n) is 12.8. The Hall–Kier alpha value is -1.80. The monoisotopic (exact) mass is 330 g/mol. The summed E-state index contributed by atoms with van der Waals surface area (Å²) in [4.78, 5) is 10.3. The predicted octanol–water partition coefficient (Wildman–Crippen LogP) is 2.84. The minimum atomic E-state index is -3.00. The third-order valence-corrected chi connectivity index (χ3v) is 4.45. The summed E-state index contributed by atoms with van der Waals surface area (Å²) in [5, 5.41) is 23.6. The van der Waals surface area contributed by atoms with Crippen LogP contribution in [0.3, 0.4) is 0 Å². The molecule has 0 bridgehead atoms. The molecule has 0 amide bonds. The molecule has 0 radical (unpaired) electrons. The molecule has 6 nitrogen and oxygen atoms in total. The Morgan fingerprint density at radius 2 is 2.30 bits per heavy atom. The van der Waals surface area contributed by atoms with Gasteiger partial charge in [-0.25, -0.2) is 0 Å². The molecule has 0 spiro atoms. The summed E-state index contributed by atoms with van der Waals surface area (Å²) in [7, 11) is 0. The van der Waals surface area contributed by atoms with Gasteiger partial charge in [0.05, 0.1) is 4.92 Å². The topological polar surface area (TPSA) is 84.6 Å². The molecule has 2 atom stereocenters. The van der Waals surface area contributed by atoms with E-state index in [1.54, 1.807) is 0 Å². The summed E-state index contributed by atoms with van der Waals surface area (Å²) in [5.41, 5.74) is -0.156. The highest BCUT2D eigenvalue weighted by Crippen LogP contribution is 2.38. The van der Waals surface area contributed by atoms with E-state index in [1.807, 2.05) is 6.92 Å². The van der Waals surface area contributed by atoms with Crippen molar-refractivity contribution >= 4 is 5.69 Å². The van der Waals surface area contributed by atoms with Crippen LogP contribution < -0.4 is 10.1 Å². The number of rotatable bonds is 7. The first-order valence-corrected chi connectivity index (χ1v) is 7.42. The quantitative estimate of drug-likeness (QED) is 0.593. The van der Waals surface area contributed by atoms with Crippen molar-refractivity contribution in [3.63, 3.8) is 0 Å². The van der Waals surface area contributed by atoms with Crippen LogP contribution in [-0.4, -0.2) is 29.3 Å². The number of nitrogens with zero attached hydrogens (tertiary/aromatic N) is 1. The van der Waals surface area contributed by atoms with Crippen LogP contribution in [0.2, 0.25) is 0 Å². The second-order valence-corrected chi connectivity index (χ2v) is 6.07. The number of nitrogens with one attached hydrogen (secondary N) is 1. The third kappa shape index (κ3) is 4.14. The number of alkyl halides is 2. The number of halogens is 2. The van der Waals surface area contributed by atoms with E-state index in [2.05, 4.69) is 10.1 Å². The molecular formula is C15H20F2N2O4. The van der Waals surface area contributed by atoms with Gasteiger partial charge in [0.1, 0.15) is 5.75 Å². The molecule has 1 fully saturated rings. The summed E-state index contributed by atoms with van der Waals surface area (Å²) < 4.78 is 29.4. The number of non-ortho nitro benzene ring substituents is 1. The Morgan fingerprint density at radius 3 is 2.91 bits per heavy atom. The fourth-order valence-electron chi connectivity index (χ4n) is 3.03. The van der Waals surface area contributed by atoms with Crippen molar-refractivity contribution in [1.82, 2.24) is 5.32 Å². The molecule has 23 heavy (non-hydrogen) atoms. The Balaban J connectivity index is 2.16. The molecule has 1 aromatic rings. The van der Waals surface area contributed by atoms with Crippen molar-refractivity contribution < 1.29 is 23.5 Å². The van der Waals surface area contributed by atoms with Gasteiger partial charge in [0.15, 0.2) is 0 Å². The van der Waals surface area contributed by atoms with Crippen LogP contribution in [0.4, 0.5) is 14.5 Å². The molecule has 0 saturated heterocycles. The lowest BCUT2D eigenvalue weighted by atomic mass is 9.85. The molecule has 2 N–H and O–H groups in total. The lowest BCUT2D eigenvalue weighted by Crippen LogP contribution is -2.41. The molecule has 1 aliphatic rings. The minimum absolute atomic E-state index is 0.0196. The number of ether oxygens (including phenoxy) is 1. The van der Waals surface area contributed by atoms with Crippen molar-refractivity contribution in [3.8, 4) is 5.75 Å². The summed E-state index contributed by atoms with van der Waals surface area (Å²) in [6, 6.07) is 3.57. The summed E-state index contributed by atoms with van der Waals surface area (Å²) in [6.45, 7) is -0.851. The van der Waals surface area contributed by atoms with Crippen LogP contribution >= 0.6 is 0 Å². The summed E-state index contributed by atoms with van der Waals surface area (Å²) in [5.74, 6) is -0.0817. The number of nitro benzene ring substituents is 1. The largest absolute Gasteiger partial charge is 0.434 e. The zero-order chi connectivity index (χ0) is 17.0. The number of nitro groups is 1. The SMILES string of the molecule is CC1(CO)CCCC1NCc1cc([N+](=O)[O-])ccc1OC(F)F. The van der Waals surface area contributed by atoms with Gasteiger partial charge in [0, 0.05) is 42.3 Å². The van der Waals surface area contributed by atoms with Crippen LogP contribution in [0.5, 0.6) is 5.75 Å². The molecule has 2 unspecified atom stereocenters. The highest BCUT2D eigenvalue weighted by Gasteiger charge is 2.37. The van der Waals surface area contributed by atoms with Gasteiger partial charge < -0.3 is 15.2 Å². The summed E-state index contributed by atoms with van der Waals surface area (Å²) in [6.07, 6.45) is 2.69. The van der Waals surface area contributed by atoms with Gasteiger partial charge in [-0.3, -0.25) is 10.1 Å². The van der Waals surface area contributed by atoms with Crippen LogP contribution in [0, 0.1) is 15.5 Å². The average Bonchev–Trinajstić information content (AvgIpc) is 2.87. The molecule has 8 heteroatoms. The number of hydrogen-bond donors (Lipinski definition) is 2. The normalized spacial score (nSPS) is 24.1. The Kier molecular flexibility index (Phi) is 5.48. The Bertz CT molecular complexity index is 570. The lowest BCUT2D eigenvalue weighted by molar-refractivity contribution is -0.385. The van der Waals surface area contributed by atoms with Gasteiger partial charge in [-0.15, -0.1) is 0 Å². The van der Waals surface area contributed by atoms with Crippen molar-refractivity contribution in [1.29, 1.82) is 0 Å². The van der Waals surface area contributed by atoms with Crippen LogP contribution in [0.25, 0.3) is 0 Å². The van der Waals surface area contributed by atoms with Crippen molar-refractivity contribution in [2.24, 2.45) is 5.41 Å². The number of aliphatic hydroxyl groups is 1. The van der Waals surface area contributed by atoms with Crippen molar-refractivity contribution in [2.45, 2.75) is 45.4 Å². The van der Waals surface area contributed by atoms with E-state index in [0.717, 1.165) is 25.3 Å². The maximum absolute atomic E-state index is 12.5. The fraction of sp³-hybridized carbons (Fsp3) is 0.600. The maximum atomic E-state index is 12.5. The zero-order valence-corrected chi connectivity index (χ0v) is 12.8. The smallest absolute Gasteiger partial charge is 0.387 e. The average molecular weight is 330 g/mol. The first-order valence-electron chi connectivity index (χ1n) is 7.42. The van der Waals surface area contributed by atoms with E-state index < -0.39 is 11.5 Å². The van der Waals surface area contributed by atoms with Crippen LogP contribution in [0.15, 0.2) is 18.2 Å². The second kappa shape index (κ2) is 7.18. The highest BCUT2D eigenvalue weighted by atomic mass is 19.3. The third-order valence-electron chi connectivity index (χ3n) is 4.45. The molecule has 0 heterocycles. The van der Waals surface area contributed by atoms with E-state index in [0.29, 0.717) is 5.56 Å². The first kappa shape index (κ1) is 17.6. The molecule has 0 aliphatic heterocycles. The van der Waals surface area contributed by atoms with Gasteiger partial charge in [0.2, 0.25) is 0 Å². The molecule has 1 aliphatic carbocycles. The predicted molar refractivity (Wildman–Crippen MR) is 79.4 cm³/mol. The number of aliphatic hydroxyl groups excluding tert-OH is 1.